The van der Waals surface area contributed by atoms with Crippen LogP contribution in [0.1, 0.15) is 11.3 Å². The van der Waals surface area contributed by atoms with Gasteiger partial charge in [-0.05, 0) is 34.2 Å². The van der Waals surface area contributed by atoms with E-state index in [1.54, 1.807) is 0 Å². The molecule has 1 nitrogen and oxygen atoms in total. The van der Waals surface area contributed by atoms with E-state index < -0.39 is 11.9 Å². The molecule has 1 rings (SSSR count). The Kier molecular flexibility index (Phi) is 3.56. The maximum absolute atomic E-state index is 12.1. The highest BCUT2D eigenvalue weighted by atomic mass is 127. The van der Waals surface area contributed by atoms with Crippen LogP contribution in [-0.4, -0.2) is 4.98 Å². The predicted octanol–water partition coefficient (Wildman–Crippen LogP) is 3.60. The fraction of sp³-hybridized carbons (Fsp3) is 0.286. The molecule has 0 aliphatic carbocycles. The average Bonchev–Trinajstić information content (AvgIpc) is 2.02. The van der Waals surface area contributed by atoms with Crippen LogP contribution in [0.4, 0.5) is 13.2 Å². The van der Waals surface area contributed by atoms with Gasteiger partial charge < -0.3 is 0 Å². The molecule has 13 heavy (non-hydrogen) atoms. The van der Waals surface area contributed by atoms with Crippen LogP contribution in [0.15, 0.2) is 12.3 Å². The standard InChI is InChI=1S/C7H4BrF3IN/c8-2-4-3-13-6(1-5(4)12)7(9,10)11/h1,3H,2H2. The third-order valence-corrected chi connectivity index (χ3v) is 2.97. The molecule has 0 aromatic carbocycles. The van der Waals surface area contributed by atoms with Crippen molar-refractivity contribution in [1.82, 2.24) is 4.98 Å². The Labute approximate surface area is 95.0 Å². The summed E-state index contributed by atoms with van der Waals surface area (Å²) in [5.74, 6) is 0. The lowest BCUT2D eigenvalue weighted by molar-refractivity contribution is -0.141. The molecule has 0 spiro atoms. The summed E-state index contributed by atoms with van der Waals surface area (Å²) in [6.07, 6.45) is -3.12. The highest BCUT2D eigenvalue weighted by Gasteiger charge is 2.32. The summed E-state index contributed by atoms with van der Waals surface area (Å²) in [5, 5.41) is 0.510. The van der Waals surface area contributed by atoms with Crippen molar-refractivity contribution in [2.45, 2.75) is 11.5 Å². The first-order chi connectivity index (χ1) is 5.95. The minimum Gasteiger partial charge on any atom is -0.251 e. The van der Waals surface area contributed by atoms with E-state index in [0.29, 0.717) is 8.90 Å². The number of hydrogen-bond acceptors (Lipinski definition) is 1. The lowest BCUT2D eigenvalue weighted by Gasteiger charge is -2.07. The molecule has 0 saturated heterocycles. The van der Waals surface area contributed by atoms with Crippen LogP contribution >= 0.6 is 38.5 Å². The van der Waals surface area contributed by atoms with E-state index in [1.165, 1.54) is 6.20 Å². The topological polar surface area (TPSA) is 12.9 Å². The molecule has 0 radical (unpaired) electrons. The molecule has 0 unspecified atom stereocenters. The predicted molar refractivity (Wildman–Crippen MR) is 54.6 cm³/mol. The highest BCUT2D eigenvalue weighted by Crippen LogP contribution is 2.29. The van der Waals surface area contributed by atoms with Gasteiger partial charge in [-0.3, -0.25) is 4.98 Å². The van der Waals surface area contributed by atoms with Crippen molar-refractivity contribution in [3.05, 3.63) is 27.1 Å². The molecule has 1 aromatic rings. The first kappa shape index (κ1) is 11.2. The number of rotatable bonds is 1. The van der Waals surface area contributed by atoms with E-state index in [4.69, 9.17) is 0 Å². The van der Waals surface area contributed by atoms with E-state index in [2.05, 4.69) is 20.9 Å². The molecule has 6 heteroatoms. The van der Waals surface area contributed by atoms with Crippen LogP contribution in [0.3, 0.4) is 0 Å². The number of hydrogen-bond donors (Lipinski definition) is 0. The maximum Gasteiger partial charge on any atom is 0.433 e. The van der Waals surface area contributed by atoms with Gasteiger partial charge in [0.2, 0.25) is 0 Å². The van der Waals surface area contributed by atoms with Crippen molar-refractivity contribution >= 4 is 38.5 Å². The first-order valence-corrected chi connectivity index (χ1v) is 5.42. The summed E-state index contributed by atoms with van der Waals surface area (Å²) < 4.78 is 36.9. The Hall–Kier alpha value is 0.150. The molecule has 0 saturated carbocycles. The zero-order chi connectivity index (χ0) is 10.1. The second kappa shape index (κ2) is 4.12. The largest absolute Gasteiger partial charge is 0.433 e. The smallest absolute Gasteiger partial charge is 0.251 e. The maximum atomic E-state index is 12.1. The van der Waals surface area contributed by atoms with E-state index in [0.717, 1.165) is 11.6 Å². The van der Waals surface area contributed by atoms with Gasteiger partial charge in [0, 0.05) is 15.1 Å². The first-order valence-electron chi connectivity index (χ1n) is 3.22. The molecule has 0 fully saturated rings. The zero-order valence-corrected chi connectivity index (χ0v) is 9.94. The van der Waals surface area contributed by atoms with Gasteiger partial charge in [0.25, 0.3) is 0 Å². The van der Waals surface area contributed by atoms with Gasteiger partial charge in [0.1, 0.15) is 5.69 Å². The van der Waals surface area contributed by atoms with Crippen molar-refractivity contribution in [3.8, 4) is 0 Å². The number of aromatic nitrogens is 1. The minimum atomic E-state index is -4.36. The van der Waals surface area contributed by atoms with Gasteiger partial charge in [-0.25, -0.2) is 0 Å². The van der Waals surface area contributed by atoms with Crippen LogP contribution in [0.2, 0.25) is 0 Å². The van der Waals surface area contributed by atoms with Crippen molar-refractivity contribution in [2.75, 3.05) is 0 Å². The van der Waals surface area contributed by atoms with E-state index in [1.807, 2.05) is 22.6 Å². The summed E-state index contributed by atoms with van der Waals surface area (Å²) in [6.45, 7) is 0. The van der Waals surface area contributed by atoms with Crippen LogP contribution in [0, 0.1) is 3.57 Å². The van der Waals surface area contributed by atoms with Crippen LogP contribution in [-0.2, 0) is 11.5 Å². The molecule has 0 atom stereocenters. The van der Waals surface area contributed by atoms with E-state index in [-0.39, 0.29) is 0 Å². The van der Waals surface area contributed by atoms with Crippen LogP contribution < -0.4 is 0 Å². The minimum absolute atomic E-state index is 0.510. The summed E-state index contributed by atoms with van der Waals surface area (Å²) in [6, 6.07) is 1.04. The molecule has 0 N–H and O–H groups in total. The van der Waals surface area contributed by atoms with Crippen LogP contribution in [0.25, 0.3) is 0 Å². The number of nitrogens with zero attached hydrogens (tertiary/aromatic N) is 1. The molecule has 1 heterocycles. The Balaban J connectivity index is 3.10. The molecule has 1 aromatic heterocycles. The van der Waals surface area contributed by atoms with Crippen molar-refractivity contribution in [1.29, 1.82) is 0 Å². The van der Waals surface area contributed by atoms with Gasteiger partial charge in [-0.2, -0.15) is 13.2 Å². The SMILES string of the molecule is FC(F)(F)c1cc(I)c(CBr)cn1. The third kappa shape index (κ3) is 2.80. The monoisotopic (exact) mass is 365 g/mol. The Morgan fingerprint density at radius 1 is 1.46 bits per heavy atom. The van der Waals surface area contributed by atoms with Crippen molar-refractivity contribution in [2.24, 2.45) is 0 Å². The molecule has 0 aliphatic rings. The van der Waals surface area contributed by atoms with E-state index in [9.17, 15) is 13.2 Å². The fourth-order valence-corrected chi connectivity index (χ4v) is 2.31. The fourth-order valence-electron chi connectivity index (χ4n) is 0.712. The van der Waals surface area contributed by atoms with Gasteiger partial charge in [0.05, 0.1) is 0 Å². The van der Waals surface area contributed by atoms with Gasteiger partial charge in [-0.15, -0.1) is 0 Å². The molecule has 0 bridgehead atoms. The average molecular weight is 366 g/mol. The number of halogens is 5. The Morgan fingerprint density at radius 3 is 2.46 bits per heavy atom. The molecule has 0 aliphatic heterocycles. The van der Waals surface area contributed by atoms with Gasteiger partial charge >= 0.3 is 6.18 Å². The number of pyridine rings is 1. The van der Waals surface area contributed by atoms with Crippen LogP contribution in [0.5, 0.6) is 0 Å². The summed E-state index contributed by atoms with van der Waals surface area (Å²) >= 11 is 5.01. The normalized spacial score (nSPS) is 11.8. The molecular formula is C7H4BrF3IN. The zero-order valence-electron chi connectivity index (χ0n) is 6.20. The van der Waals surface area contributed by atoms with Crippen molar-refractivity contribution in [3.63, 3.8) is 0 Å². The molecule has 0 amide bonds. The Morgan fingerprint density at radius 2 is 2.08 bits per heavy atom. The lowest BCUT2D eigenvalue weighted by Crippen LogP contribution is -2.08. The second-order valence-corrected chi connectivity index (χ2v) is 4.02. The molecular weight excluding hydrogens is 362 g/mol. The summed E-state index contributed by atoms with van der Waals surface area (Å²) in [5.41, 5.74) is -0.0878. The van der Waals surface area contributed by atoms with Gasteiger partial charge in [-0.1, -0.05) is 15.9 Å². The third-order valence-electron chi connectivity index (χ3n) is 1.36. The second-order valence-electron chi connectivity index (χ2n) is 2.29. The summed E-state index contributed by atoms with van der Waals surface area (Å²) in [4.78, 5) is 3.32. The lowest BCUT2D eigenvalue weighted by atomic mass is 10.3. The van der Waals surface area contributed by atoms with E-state index >= 15 is 0 Å². The number of alkyl halides is 4. The highest BCUT2D eigenvalue weighted by molar-refractivity contribution is 14.1. The Bertz CT molecular complexity index is 313. The summed E-state index contributed by atoms with van der Waals surface area (Å²) in [7, 11) is 0. The quantitative estimate of drug-likeness (QED) is 0.547. The van der Waals surface area contributed by atoms with Crippen molar-refractivity contribution < 1.29 is 13.2 Å². The molecule has 72 valence electrons. The van der Waals surface area contributed by atoms with Gasteiger partial charge in [0.15, 0.2) is 0 Å².